The molecule has 1 aromatic carbocycles. The third kappa shape index (κ3) is 2.57. The van der Waals surface area contributed by atoms with E-state index in [-0.39, 0.29) is 17.5 Å². The Kier molecular flexibility index (Phi) is 3.50. The molecule has 2 nitrogen and oxygen atoms in total. The first-order chi connectivity index (χ1) is 7.77. The molecule has 0 N–H and O–H groups in total. The standard InChI is InChI=1S/C14H16O2/c15-13-8-4-7-12(13)14(16)10-9-11-5-2-1-3-6-11/h1-3,5-6,12H,4,7-10H2. The van der Waals surface area contributed by atoms with E-state index >= 15 is 0 Å². The summed E-state index contributed by atoms with van der Waals surface area (Å²) in [5, 5.41) is 0. The zero-order valence-corrected chi connectivity index (χ0v) is 9.32. The predicted molar refractivity (Wildman–Crippen MR) is 62.1 cm³/mol. The highest BCUT2D eigenvalue weighted by Gasteiger charge is 2.29. The summed E-state index contributed by atoms with van der Waals surface area (Å²) in [5.74, 6) is -0.00636. The minimum atomic E-state index is -0.288. The van der Waals surface area contributed by atoms with Crippen molar-refractivity contribution in [3.8, 4) is 0 Å². The minimum absolute atomic E-state index is 0.131. The fourth-order valence-corrected chi connectivity index (χ4v) is 2.24. The molecule has 1 aliphatic carbocycles. The molecule has 0 aromatic heterocycles. The lowest BCUT2D eigenvalue weighted by molar-refractivity contribution is -0.130. The van der Waals surface area contributed by atoms with E-state index in [2.05, 4.69) is 0 Å². The van der Waals surface area contributed by atoms with Gasteiger partial charge in [-0.2, -0.15) is 0 Å². The number of carbonyl (C=O) groups is 2. The average molecular weight is 216 g/mol. The average Bonchev–Trinajstić information content (AvgIpc) is 2.74. The van der Waals surface area contributed by atoms with Gasteiger partial charge < -0.3 is 0 Å². The van der Waals surface area contributed by atoms with Gasteiger partial charge in [-0.15, -0.1) is 0 Å². The number of aryl methyl sites for hydroxylation is 1. The first-order valence-electron chi connectivity index (χ1n) is 5.87. The van der Waals surface area contributed by atoms with E-state index in [9.17, 15) is 9.59 Å². The molecule has 1 aromatic rings. The minimum Gasteiger partial charge on any atom is -0.299 e. The smallest absolute Gasteiger partial charge is 0.143 e. The Morgan fingerprint density at radius 2 is 2.00 bits per heavy atom. The van der Waals surface area contributed by atoms with Crippen LogP contribution in [0.2, 0.25) is 0 Å². The summed E-state index contributed by atoms with van der Waals surface area (Å²) in [6.45, 7) is 0. The van der Waals surface area contributed by atoms with Crippen LogP contribution in [0.15, 0.2) is 30.3 Å². The van der Waals surface area contributed by atoms with Crippen molar-refractivity contribution in [3.05, 3.63) is 35.9 Å². The molecule has 2 heteroatoms. The van der Waals surface area contributed by atoms with E-state index in [4.69, 9.17) is 0 Å². The van der Waals surface area contributed by atoms with Gasteiger partial charge in [0.25, 0.3) is 0 Å². The van der Waals surface area contributed by atoms with E-state index in [1.807, 2.05) is 30.3 Å². The summed E-state index contributed by atoms with van der Waals surface area (Å²) in [7, 11) is 0. The molecule has 1 unspecified atom stereocenters. The van der Waals surface area contributed by atoms with Crippen molar-refractivity contribution in [2.24, 2.45) is 5.92 Å². The summed E-state index contributed by atoms with van der Waals surface area (Å²) in [4.78, 5) is 23.2. The van der Waals surface area contributed by atoms with Gasteiger partial charge in [-0.05, 0) is 24.8 Å². The van der Waals surface area contributed by atoms with Crippen LogP contribution >= 0.6 is 0 Å². The molecule has 1 saturated carbocycles. The summed E-state index contributed by atoms with van der Waals surface area (Å²) >= 11 is 0. The molecule has 84 valence electrons. The van der Waals surface area contributed by atoms with Crippen LogP contribution in [0.3, 0.4) is 0 Å². The largest absolute Gasteiger partial charge is 0.299 e. The Labute approximate surface area is 95.7 Å². The number of Topliss-reactive ketones (excluding diaryl/α,β-unsaturated/α-hetero) is 2. The highest BCUT2D eigenvalue weighted by atomic mass is 16.2. The Bertz CT molecular complexity index is 381. The zero-order valence-electron chi connectivity index (χ0n) is 9.32. The van der Waals surface area contributed by atoms with Gasteiger partial charge in [-0.25, -0.2) is 0 Å². The fraction of sp³-hybridized carbons (Fsp3) is 0.429. The van der Waals surface area contributed by atoms with Gasteiger partial charge >= 0.3 is 0 Å². The normalized spacial score (nSPS) is 20.0. The van der Waals surface area contributed by atoms with Gasteiger partial charge in [0.05, 0.1) is 5.92 Å². The Hall–Kier alpha value is -1.44. The Morgan fingerprint density at radius 1 is 1.25 bits per heavy atom. The van der Waals surface area contributed by atoms with E-state index < -0.39 is 0 Å². The van der Waals surface area contributed by atoms with Gasteiger partial charge in [0.2, 0.25) is 0 Å². The van der Waals surface area contributed by atoms with Crippen molar-refractivity contribution in [2.45, 2.75) is 32.1 Å². The molecule has 1 atom stereocenters. The van der Waals surface area contributed by atoms with Crippen molar-refractivity contribution < 1.29 is 9.59 Å². The number of rotatable bonds is 4. The second-order valence-corrected chi connectivity index (χ2v) is 4.36. The van der Waals surface area contributed by atoms with Gasteiger partial charge in [0.1, 0.15) is 11.6 Å². The molecule has 1 fully saturated rings. The maximum absolute atomic E-state index is 11.8. The second-order valence-electron chi connectivity index (χ2n) is 4.36. The lowest BCUT2D eigenvalue weighted by Crippen LogP contribution is -2.18. The molecular weight excluding hydrogens is 200 g/mol. The lowest BCUT2D eigenvalue weighted by Gasteiger charge is -2.06. The molecule has 2 rings (SSSR count). The SMILES string of the molecule is O=C1CCCC1C(=O)CCc1ccccc1. The van der Waals surface area contributed by atoms with Crippen LogP contribution in [0.4, 0.5) is 0 Å². The van der Waals surface area contributed by atoms with Crippen molar-refractivity contribution in [1.29, 1.82) is 0 Å². The second kappa shape index (κ2) is 5.06. The van der Waals surface area contributed by atoms with Crippen molar-refractivity contribution in [3.63, 3.8) is 0 Å². The van der Waals surface area contributed by atoms with Gasteiger partial charge in [-0.3, -0.25) is 9.59 Å². The van der Waals surface area contributed by atoms with E-state index in [1.165, 1.54) is 5.56 Å². The van der Waals surface area contributed by atoms with Crippen LogP contribution in [-0.2, 0) is 16.0 Å². The third-order valence-electron chi connectivity index (χ3n) is 3.20. The molecule has 0 amide bonds. The molecule has 1 aliphatic rings. The highest BCUT2D eigenvalue weighted by Crippen LogP contribution is 2.23. The van der Waals surface area contributed by atoms with Crippen LogP contribution in [0.5, 0.6) is 0 Å². The fourth-order valence-electron chi connectivity index (χ4n) is 2.24. The molecule has 0 saturated heterocycles. The summed E-state index contributed by atoms with van der Waals surface area (Å²) < 4.78 is 0. The van der Waals surface area contributed by atoms with Gasteiger partial charge in [-0.1, -0.05) is 30.3 Å². The summed E-state index contributed by atoms with van der Waals surface area (Å²) in [6, 6.07) is 9.94. The predicted octanol–water partition coefficient (Wildman–Crippen LogP) is 2.56. The van der Waals surface area contributed by atoms with Crippen molar-refractivity contribution in [2.75, 3.05) is 0 Å². The Balaban J connectivity index is 1.86. The van der Waals surface area contributed by atoms with Crippen LogP contribution in [0, 0.1) is 5.92 Å². The number of ketones is 2. The molecule has 16 heavy (non-hydrogen) atoms. The van der Waals surface area contributed by atoms with Gasteiger partial charge in [0, 0.05) is 12.8 Å². The monoisotopic (exact) mass is 216 g/mol. The highest BCUT2D eigenvalue weighted by molar-refractivity contribution is 6.03. The molecule has 0 heterocycles. The quantitative estimate of drug-likeness (QED) is 0.725. The van der Waals surface area contributed by atoms with Crippen molar-refractivity contribution in [1.82, 2.24) is 0 Å². The molecular formula is C14H16O2. The first-order valence-corrected chi connectivity index (χ1v) is 5.87. The molecule has 0 aliphatic heterocycles. The Morgan fingerprint density at radius 3 is 2.62 bits per heavy atom. The van der Waals surface area contributed by atoms with Crippen LogP contribution in [0.25, 0.3) is 0 Å². The first kappa shape index (κ1) is 11.1. The lowest BCUT2D eigenvalue weighted by atomic mass is 9.96. The topological polar surface area (TPSA) is 34.1 Å². The number of benzene rings is 1. The van der Waals surface area contributed by atoms with E-state index in [1.54, 1.807) is 0 Å². The third-order valence-corrected chi connectivity index (χ3v) is 3.20. The summed E-state index contributed by atoms with van der Waals surface area (Å²) in [6.07, 6.45) is 3.51. The number of carbonyl (C=O) groups excluding carboxylic acids is 2. The van der Waals surface area contributed by atoms with E-state index in [0.717, 1.165) is 19.3 Å². The van der Waals surface area contributed by atoms with Gasteiger partial charge in [0.15, 0.2) is 0 Å². The number of hydrogen-bond donors (Lipinski definition) is 0. The zero-order chi connectivity index (χ0) is 11.4. The molecule has 0 spiro atoms. The van der Waals surface area contributed by atoms with Crippen LogP contribution < -0.4 is 0 Å². The maximum Gasteiger partial charge on any atom is 0.143 e. The number of hydrogen-bond acceptors (Lipinski definition) is 2. The summed E-state index contributed by atoms with van der Waals surface area (Å²) in [5.41, 5.74) is 1.17. The molecule has 0 radical (unpaired) electrons. The van der Waals surface area contributed by atoms with E-state index in [0.29, 0.717) is 12.8 Å². The maximum atomic E-state index is 11.8. The molecule has 0 bridgehead atoms. The van der Waals surface area contributed by atoms with Crippen molar-refractivity contribution >= 4 is 11.6 Å². The van der Waals surface area contributed by atoms with Crippen LogP contribution in [0.1, 0.15) is 31.2 Å². The van der Waals surface area contributed by atoms with Crippen LogP contribution in [-0.4, -0.2) is 11.6 Å².